The van der Waals surface area contributed by atoms with Gasteiger partial charge in [-0.3, -0.25) is 4.79 Å². The van der Waals surface area contributed by atoms with Crippen molar-refractivity contribution in [1.29, 1.82) is 0 Å². The fraction of sp³-hybridized carbons (Fsp3) is 0.444. The van der Waals surface area contributed by atoms with Crippen molar-refractivity contribution >= 4 is 17.2 Å². The second-order valence-electron chi connectivity index (χ2n) is 6.11. The van der Waals surface area contributed by atoms with Gasteiger partial charge in [0.1, 0.15) is 12.4 Å². The fourth-order valence-electron chi connectivity index (χ4n) is 2.89. The van der Waals surface area contributed by atoms with E-state index in [-0.39, 0.29) is 11.9 Å². The molecule has 24 heavy (non-hydrogen) atoms. The highest BCUT2D eigenvalue weighted by atomic mass is 32.1. The lowest BCUT2D eigenvalue weighted by atomic mass is 9.92. The Balaban J connectivity index is 1.60. The van der Waals surface area contributed by atoms with Gasteiger partial charge in [-0.15, -0.1) is 11.3 Å². The molecule has 1 aromatic heterocycles. The van der Waals surface area contributed by atoms with Crippen LogP contribution in [-0.4, -0.2) is 28.1 Å². The van der Waals surface area contributed by atoms with Gasteiger partial charge in [-0.05, 0) is 38.0 Å². The highest BCUT2D eigenvalue weighted by Crippen LogP contribution is 2.20. The number of carbonyl (C=O) groups is 1. The van der Waals surface area contributed by atoms with Gasteiger partial charge in [0.15, 0.2) is 0 Å². The number of nitrogens with one attached hydrogen (secondary N) is 1. The van der Waals surface area contributed by atoms with Crippen LogP contribution in [0.2, 0.25) is 0 Å². The smallest absolute Gasteiger partial charge is 0.251 e. The Morgan fingerprint density at radius 1 is 1.42 bits per heavy atom. The molecule has 128 valence electrons. The molecule has 1 heterocycles. The van der Waals surface area contributed by atoms with Gasteiger partial charge in [-0.2, -0.15) is 0 Å². The average molecular weight is 346 g/mol. The first kappa shape index (κ1) is 16.9. The molecular formula is C18H22N2O3S. The number of hydrogen-bond donors (Lipinski definition) is 2. The van der Waals surface area contributed by atoms with E-state index in [9.17, 15) is 9.90 Å². The van der Waals surface area contributed by atoms with Gasteiger partial charge in [-0.25, -0.2) is 4.98 Å². The number of aromatic nitrogens is 1. The summed E-state index contributed by atoms with van der Waals surface area (Å²) < 4.78 is 5.72. The van der Waals surface area contributed by atoms with Crippen LogP contribution < -0.4 is 10.1 Å². The lowest BCUT2D eigenvalue weighted by molar-refractivity contribution is 0.0717. The summed E-state index contributed by atoms with van der Waals surface area (Å²) in [7, 11) is 0. The monoisotopic (exact) mass is 346 g/mol. The molecule has 1 aromatic carbocycles. The van der Waals surface area contributed by atoms with Crippen molar-refractivity contribution in [2.24, 2.45) is 0 Å². The van der Waals surface area contributed by atoms with Crippen LogP contribution in [0.5, 0.6) is 5.75 Å². The highest BCUT2D eigenvalue weighted by molar-refractivity contribution is 7.09. The van der Waals surface area contributed by atoms with Gasteiger partial charge in [0.05, 0.1) is 22.8 Å². The van der Waals surface area contributed by atoms with Crippen molar-refractivity contribution in [3.05, 3.63) is 45.9 Å². The first-order valence-electron chi connectivity index (χ1n) is 8.24. The van der Waals surface area contributed by atoms with E-state index < -0.39 is 6.10 Å². The number of nitrogens with zero attached hydrogens (tertiary/aromatic N) is 1. The zero-order valence-electron chi connectivity index (χ0n) is 13.7. The second kappa shape index (κ2) is 7.77. The second-order valence-corrected chi connectivity index (χ2v) is 7.17. The molecule has 0 bridgehead atoms. The van der Waals surface area contributed by atoms with Gasteiger partial charge in [0.2, 0.25) is 0 Å². The Bertz CT molecular complexity index is 701. The van der Waals surface area contributed by atoms with Crippen molar-refractivity contribution < 1.29 is 14.6 Å². The topological polar surface area (TPSA) is 71.5 Å². The van der Waals surface area contributed by atoms with E-state index in [1.165, 1.54) is 0 Å². The molecule has 3 rings (SSSR count). The molecule has 1 amide bonds. The van der Waals surface area contributed by atoms with Crippen molar-refractivity contribution in [3.63, 3.8) is 0 Å². The predicted octanol–water partition coefficient (Wildman–Crippen LogP) is 3.06. The number of rotatable bonds is 5. The van der Waals surface area contributed by atoms with E-state index in [2.05, 4.69) is 10.3 Å². The van der Waals surface area contributed by atoms with E-state index in [1.807, 2.05) is 18.4 Å². The first-order chi connectivity index (χ1) is 11.6. The van der Waals surface area contributed by atoms with Crippen LogP contribution in [0, 0.1) is 6.92 Å². The third-order valence-electron chi connectivity index (χ3n) is 4.20. The lowest BCUT2D eigenvalue weighted by Gasteiger charge is -2.28. The molecule has 5 nitrogen and oxygen atoms in total. The van der Waals surface area contributed by atoms with Crippen molar-refractivity contribution in [1.82, 2.24) is 10.3 Å². The molecule has 1 aliphatic rings. The molecule has 2 unspecified atom stereocenters. The zero-order chi connectivity index (χ0) is 16.9. The first-order valence-corrected chi connectivity index (χ1v) is 9.12. The van der Waals surface area contributed by atoms with Crippen LogP contribution in [0.15, 0.2) is 29.6 Å². The van der Waals surface area contributed by atoms with E-state index >= 15 is 0 Å². The molecule has 6 heteroatoms. The van der Waals surface area contributed by atoms with Crippen LogP contribution >= 0.6 is 11.3 Å². The Morgan fingerprint density at radius 2 is 2.25 bits per heavy atom. The number of aliphatic hydroxyl groups excluding tert-OH is 1. The number of hydrogen-bond acceptors (Lipinski definition) is 5. The number of aliphatic hydroxyl groups is 1. The average Bonchev–Trinajstić information content (AvgIpc) is 3.01. The fourth-order valence-corrected chi connectivity index (χ4v) is 3.49. The van der Waals surface area contributed by atoms with Crippen molar-refractivity contribution in [2.45, 2.75) is 51.4 Å². The van der Waals surface area contributed by atoms with Crippen LogP contribution in [-0.2, 0) is 6.61 Å². The summed E-state index contributed by atoms with van der Waals surface area (Å²) in [6, 6.07) is 6.95. The number of thiazole rings is 1. The third-order valence-corrected chi connectivity index (χ3v) is 5.02. The summed E-state index contributed by atoms with van der Waals surface area (Å²) in [5, 5.41) is 15.9. The molecule has 1 saturated carbocycles. The molecule has 1 aliphatic carbocycles. The van der Waals surface area contributed by atoms with Gasteiger partial charge < -0.3 is 15.2 Å². The van der Waals surface area contributed by atoms with Gasteiger partial charge in [0.25, 0.3) is 5.91 Å². The summed E-state index contributed by atoms with van der Waals surface area (Å²) in [4.78, 5) is 16.8. The highest BCUT2D eigenvalue weighted by Gasteiger charge is 2.24. The summed E-state index contributed by atoms with van der Waals surface area (Å²) >= 11 is 1.59. The quantitative estimate of drug-likeness (QED) is 0.873. The van der Waals surface area contributed by atoms with Crippen molar-refractivity contribution in [3.8, 4) is 5.75 Å². The van der Waals surface area contributed by atoms with Crippen LogP contribution in [0.3, 0.4) is 0 Å². The lowest BCUT2D eigenvalue weighted by Crippen LogP contribution is -2.45. The van der Waals surface area contributed by atoms with Crippen LogP contribution in [0.1, 0.15) is 46.7 Å². The number of carbonyl (C=O) groups excluding carboxylic acids is 1. The van der Waals surface area contributed by atoms with Gasteiger partial charge >= 0.3 is 0 Å². The molecule has 0 saturated heterocycles. The van der Waals surface area contributed by atoms with E-state index in [0.717, 1.165) is 36.4 Å². The van der Waals surface area contributed by atoms with E-state index in [1.54, 1.807) is 29.5 Å². The maximum Gasteiger partial charge on any atom is 0.251 e. The number of benzene rings is 1. The maximum atomic E-state index is 12.4. The molecule has 0 radical (unpaired) electrons. The molecule has 2 aromatic rings. The van der Waals surface area contributed by atoms with E-state index in [0.29, 0.717) is 17.9 Å². The normalized spacial score (nSPS) is 20.6. The maximum absolute atomic E-state index is 12.4. The van der Waals surface area contributed by atoms with Crippen molar-refractivity contribution in [2.75, 3.05) is 0 Å². The third kappa shape index (κ3) is 4.33. The minimum absolute atomic E-state index is 0.159. The van der Waals surface area contributed by atoms with Crippen LogP contribution in [0.4, 0.5) is 0 Å². The molecule has 0 spiro atoms. The Morgan fingerprint density at radius 3 is 3.00 bits per heavy atom. The summed E-state index contributed by atoms with van der Waals surface area (Å²) in [6.07, 6.45) is 3.19. The molecule has 2 atom stereocenters. The minimum Gasteiger partial charge on any atom is -0.487 e. The predicted molar refractivity (Wildman–Crippen MR) is 93.4 cm³/mol. The molecular weight excluding hydrogens is 324 g/mol. The minimum atomic E-state index is -0.449. The van der Waals surface area contributed by atoms with E-state index in [4.69, 9.17) is 4.74 Å². The molecule has 1 fully saturated rings. The zero-order valence-corrected chi connectivity index (χ0v) is 14.5. The van der Waals surface area contributed by atoms with Crippen LogP contribution in [0.25, 0.3) is 0 Å². The molecule has 2 N–H and O–H groups in total. The Kier molecular flexibility index (Phi) is 5.48. The SMILES string of the molecule is Cc1nc(COc2cccc(C(=O)NC3CCCCC3O)c2)cs1. The summed E-state index contributed by atoms with van der Waals surface area (Å²) in [6.45, 7) is 2.34. The Labute approximate surface area is 145 Å². The summed E-state index contributed by atoms with van der Waals surface area (Å²) in [5.41, 5.74) is 1.43. The molecule has 0 aliphatic heterocycles. The standard InChI is InChI=1S/C18H22N2O3S/c1-12-19-14(11-24-12)10-23-15-6-4-5-13(9-15)18(22)20-16-7-2-3-8-17(16)21/h4-6,9,11,16-17,21H,2-3,7-8,10H2,1H3,(H,20,22). The Hall–Kier alpha value is -1.92. The summed E-state index contributed by atoms with van der Waals surface area (Å²) in [5.74, 6) is 0.466. The number of amides is 1. The van der Waals surface area contributed by atoms with Gasteiger partial charge in [0, 0.05) is 10.9 Å². The van der Waals surface area contributed by atoms with Gasteiger partial charge in [-0.1, -0.05) is 18.9 Å². The number of ether oxygens (including phenoxy) is 1. The largest absolute Gasteiger partial charge is 0.487 e. The number of aryl methyl sites for hydroxylation is 1.